The van der Waals surface area contributed by atoms with E-state index in [0.717, 1.165) is 22.4 Å². The van der Waals surface area contributed by atoms with Gasteiger partial charge in [0.05, 0.1) is 22.4 Å². The SMILES string of the molecule is COCCNC(=O)[C@@H](C)n1c(=NC(=O)c2cccc(C(F)(F)F)c2)sc2cc(C)ccc21. The van der Waals surface area contributed by atoms with Crippen LogP contribution in [0.15, 0.2) is 47.5 Å². The van der Waals surface area contributed by atoms with Gasteiger partial charge in [0.15, 0.2) is 4.80 Å². The molecule has 3 aromatic rings. The predicted molar refractivity (Wildman–Crippen MR) is 115 cm³/mol. The zero-order valence-electron chi connectivity index (χ0n) is 17.7. The predicted octanol–water partition coefficient (Wildman–Crippen LogP) is 4.09. The smallest absolute Gasteiger partial charge is 0.383 e. The van der Waals surface area contributed by atoms with Gasteiger partial charge in [0.1, 0.15) is 6.04 Å². The molecule has 0 aliphatic rings. The van der Waals surface area contributed by atoms with E-state index in [2.05, 4.69) is 10.3 Å². The van der Waals surface area contributed by atoms with Crippen LogP contribution in [-0.2, 0) is 15.7 Å². The first-order valence-electron chi connectivity index (χ1n) is 9.76. The number of nitrogens with one attached hydrogen (secondary N) is 1. The summed E-state index contributed by atoms with van der Waals surface area (Å²) in [6, 6.07) is 9.01. The van der Waals surface area contributed by atoms with Crippen molar-refractivity contribution in [1.29, 1.82) is 0 Å². The summed E-state index contributed by atoms with van der Waals surface area (Å²) in [6.07, 6.45) is -4.57. The number of ether oxygens (including phenoxy) is 1. The molecule has 2 amide bonds. The van der Waals surface area contributed by atoms with Crippen LogP contribution in [0.2, 0.25) is 0 Å². The third kappa shape index (κ3) is 5.25. The van der Waals surface area contributed by atoms with Gasteiger partial charge in [0, 0.05) is 19.2 Å². The number of rotatable bonds is 6. The number of halogens is 3. The molecule has 0 saturated carbocycles. The highest BCUT2D eigenvalue weighted by molar-refractivity contribution is 7.16. The van der Waals surface area contributed by atoms with Gasteiger partial charge < -0.3 is 14.6 Å². The third-order valence-corrected chi connectivity index (χ3v) is 5.81. The summed E-state index contributed by atoms with van der Waals surface area (Å²) in [7, 11) is 1.52. The molecule has 32 heavy (non-hydrogen) atoms. The maximum Gasteiger partial charge on any atom is 0.416 e. The topological polar surface area (TPSA) is 72.7 Å². The highest BCUT2D eigenvalue weighted by Crippen LogP contribution is 2.29. The lowest BCUT2D eigenvalue weighted by molar-refractivity contribution is -0.137. The minimum absolute atomic E-state index is 0.183. The average molecular weight is 465 g/mol. The van der Waals surface area contributed by atoms with Crippen LogP contribution in [0.1, 0.15) is 34.5 Å². The van der Waals surface area contributed by atoms with Gasteiger partial charge in [-0.1, -0.05) is 23.5 Å². The van der Waals surface area contributed by atoms with E-state index in [0.29, 0.717) is 18.7 Å². The second-order valence-corrected chi connectivity index (χ2v) is 8.19. The highest BCUT2D eigenvalue weighted by atomic mass is 32.1. The Hall–Kier alpha value is -2.98. The van der Waals surface area contributed by atoms with Crippen molar-refractivity contribution in [3.05, 3.63) is 64.0 Å². The van der Waals surface area contributed by atoms with Crippen molar-refractivity contribution in [3.63, 3.8) is 0 Å². The summed E-state index contributed by atoms with van der Waals surface area (Å²) in [4.78, 5) is 29.7. The van der Waals surface area contributed by atoms with Crippen LogP contribution < -0.4 is 10.1 Å². The summed E-state index contributed by atoms with van der Waals surface area (Å²) in [5.41, 5.74) is 0.575. The molecule has 10 heteroatoms. The molecule has 0 saturated heterocycles. The number of carbonyl (C=O) groups is 2. The van der Waals surface area contributed by atoms with Crippen molar-refractivity contribution in [1.82, 2.24) is 9.88 Å². The number of aromatic nitrogens is 1. The van der Waals surface area contributed by atoms with Gasteiger partial charge in [-0.25, -0.2) is 0 Å². The number of hydrogen-bond donors (Lipinski definition) is 1. The van der Waals surface area contributed by atoms with Gasteiger partial charge in [-0.15, -0.1) is 0 Å². The molecule has 170 valence electrons. The largest absolute Gasteiger partial charge is 0.416 e. The van der Waals surface area contributed by atoms with E-state index < -0.39 is 23.7 Å². The fraction of sp³-hybridized carbons (Fsp3) is 0.318. The summed E-state index contributed by atoms with van der Waals surface area (Å²) in [5.74, 6) is -1.12. The monoisotopic (exact) mass is 465 g/mol. The molecule has 0 bridgehead atoms. The number of fused-ring (bicyclic) bond motifs is 1. The van der Waals surface area contributed by atoms with E-state index in [1.165, 1.54) is 30.6 Å². The normalized spacial score (nSPS) is 13.4. The van der Waals surface area contributed by atoms with E-state index in [-0.39, 0.29) is 16.3 Å². The Morgan fingerprint density at radius 3 is 2.66 bits per heavy atom. The first-order chi connectivity index (χ1) is 15.1. The third-order valence-electron chi connectivity index (χ3n) is 4.79. The lowest BCUT2D eigenvalue weighted by Crippen LogP contribution is -2.36. The Labute approximate surface area is 186 Å². The lowest BCUT2D eigenvalue weighted by atomic mass is 10.1. The van der Waals surface area contributed by atoms with Gasteiger partial charge in [0.2, 0.25) is 5.91 Å². The number of alkyl halides is 3. The number of nitrogens with zero attached hydrogens (tertiary/aromatic N) is 2. The number of benzene rings is 2. The highest BCUT2D eigenvalue weighted by Gasteiger charge is 2.31. The lowest BCUT2D eigenvalue weighted by Gasteiger charge is -2.15. The molecule has 0 aliphatic carbocycles. The summed E-state index contributed by atoms with van der Waals surface area (Å²) in [5, 5.41) is 2.75. The molecule has 6 nitrogen and oxygen atoms in total. The van der Waals surface area contributed by atoms with Crippen molar-refractivity contribution in [3.8, 4) is 0 Å². The molecule has 1 atom stereocenters. The number of amides is 2. The van der Waals surface area contributed by atoms with Crippen molar-refractivity contribution < 1.29 is 27.5 Å². The van der Waals surface area contributed by atoms with E-state index in [4.69, 9.17) is 4.74 Å². The number of carbonyl (C=O) groups excluding carboxylic acids is 2. The average Bonchev–Trinajstić information content (AvgIpc) is 3.09. The van der Waals surface area contributed by atoms with Crippen LogP contribution in [0.5, 0.6) is 0 Å². The van der Waals surface area contributed by atoms with E-state index in [1.54, 1.807) is 11.5 Å². The van der Waals surface area contributed by atoms with E-state index in [1.807, 2.05) is 25.1 Å². The van der Waals surface area contributed by atoms with Gasteiger partial charge in [-0.05, 0) is 49.7 Å². The minimum atomic E-state index is -4.57. The van der Waals surface area contributed by atoms with Gasteiger partial charge in [-0.3, -0.25) is 9.59 Å². The molecule has 0 spiro atoms. The molecule has 2 aromatic carbocycles. The second-order valence-electron chi connectivity index (χ2n) is 7.18. The Morgan fingerprint density at radius 2 is 1.97 bits per heavy atom. The molecule has 3 rings (SSSR count). The number of methoxy groups -OCH3 is 1. The number of hydrogen-bond acceptors (Lipinski definition) is 4. The Bertz CT molecular complexity index is 1210. The quantitative estimate of drug-likeness (QED) is 0.558. The van der Waals surface area contributed by atoms with Gasteiger partial charge >= 0.3 is 6.18 Å². The Kier molecular flexibility index (Phi) is 7.15. The van der Waals surface area contributed by atoms with Crippen LogP contribution in [-0.4, -0.2) is 36.6 Å². The maximum atomic E-state index is 13.0. The maximum absolute atomic E-state index is 13.0. The number of thiazole rings is 1. The Balaban J connectivity index is 2.07. The summed E-state index contributed by atoms with van der Waals surface area (Å²) >= 11 is 1.19. The first kappa shape index (κ1) is 23.7. The van der Waals surface area contributed by atoms with Crippen LogP contribution in [0, 0.1) is 6.92 Å². The van der Waals surface area contributed by atoms with Crippen LogP contribution in [0.4, 0.5) is 13.2 Å². The standard InChI is InChI=1S/C22H22F3N3O3S/c1-13-7-8-17-18(11-13)32-21(28(17)14(2)19(29)26-9-10-31-3)27-20(30)15-5-4-6-16(12-15)22(23,24)25/h4-8,11-12,14H,9-10H2,1-3H3,(H,26,29)/t14-/m1/s1. The fourth-order valence-corrected chi connectivity index (χ4v) is 4.32. The first-order valence-corrected chi connectivity index (χ1v) is 10.6. The van der Waals surface area contributed by atoms with Crippen molar-refractivity contribution in [2.45, 2.75) is 26.1 Å². The van der Waals surface area contributed by atoms with E-state index >= 15 is 0 Å². The fourth-order valence-electron chi connectivity index (χ4n) is 3.12. The molecule has 0 unspecified atom stereocenters. The second kappa shape index (κ2) is 9.66. The molecular formula is C22H22F3N3O3S. The van der Waals surface area contributed by atoms with Crippen molar-refractivity contribution in [2.24, 2.45) is 4.99 Å². The van der Waals surface area contributed by atoms with E-state index in [9.17, 15) is 22.8 Å². The van der Waals surface area contributed by atoms with Crippen LogP contribution in [0.3, 0.4) is 0 Å². The van der Waals surface area contributed by atoms with Gasteiger partial charge in [-0.2, -0.15) is 18.2 Å². The Morgan fingerprint density at radius 1 is 1.22 bits per heavy atom. The summed E-state index contributed by atoms with van der Waals surface area (Å²) in [6.45, 7) is 4.24. The van der Waals surface area contributed by atoms with Crippen LogP contribution >= 0.6 is 11.3 Å². The zero-order chi connectivity index (χ0) is 23.5. The molecule has 1 heterocycles. The molecular weight excluding hydrogens is 443 g/mol. The molecule has 0 fully saturated rings. The number of aryl methyl sites for hydroxylation is 1. The minimum Gasteiger partial charge on any atom is -0.383 e. The summed E-state index contributed by atoms with van der Waals surface area (Å²) < 4.78 is 46.4. The zero-order valence-corrected chi connectivity index (χ0v) is 18.5. The van der Waals surface area contributed by atoms with Crippen LogP contribution in [0.25, 0.3) is 10.2 Å². The van der Waals surface area contributed by atoms with Gasteiger partial charge in [0.25, 0.3) is 5.91 Å². The molecule has 0 radical (unpaired) electrons. The van der Waals surface area contributed by atoms with Crippen molar-refractivity contribution >= 4 is 33.4 Å². The molecule has 0 aliphatic heterocycles. The van der Waals surface area contributed by atoms with Crippen molar-refractivity contribution in [2.75, 3.05) is 20.3 Å². The molecule has 1 aromatic heterocycles. The molecule has 1 N–H and O–H groups in total.